The van der Waals surface area contributed by atoms with Crippen molar-refractivity contribution in [2.24, 2.45) is 11.5 Å². The van der Waals surface area contributed by atoms with E-state index in [1.54, 1.807) is 6.07 Å². The maximum Gasteiger partial charge on any atom is 0.271 e. The number of pyridine rings is 1. The van der Waals surface area contributed by atoms with Gasteiger partial charge >= 0.3 is 0 Å². The van der Waals surface area contributed by atoms with Crippen LogP contribution < -0.4 is 22.1 Å². The molecule has 1 aliphatic rings. The summed E-state index contributed by atoms with van der Waals surface area (Å²) >= 11 is 0. The van der Waals surface area contributed by atoms with Crippen molar-refractivity contribution in [2.45, 2.75) is 51.1 Å². The van der Waals surface area contributed by atoms with E-state index in [4.69, 9.17) is 11.5 Å². The number of amides is 1. The van der Waals surface area contributed by atoms with Gasteiger partial charge < -0.3 is 22.1 Å². The molecule has 1 fully saturated rings. The highest BCUT2D eigenvalue weighted by atomic mass is 16.1. The van der Waals surface area contributed by atoms with E-state index < -0.39 is 5.91 Å². The molecular weight excluding hydrogens is 330 g/mol. The van der Waals surface area contributed by atoms with Gasteiger partial charge in [-0.3, -0.25) is 4.79 Å². The molecule has 0 unspecified atom stereocenters. The average molecular weight is 355 g/mol. The standard InChI is InChI=1S/C18H25N7O/c1-2-11-6-5-9-15(21-11)23-14-10-16(24-25-17(14)18(20)26)22-13-8-4-3-7-12(13)19/h5-6,9-10,12-13H,2-4,7-8,19H2,1H3,(H2,20,26)(H2,21,22,23,24)/t12-,13+/m1/s1. The van der Waals surface area contributed by atoms with Crippen molar-refractivity contribution < 1.29 is 4.79 Å². The van der Waals surface area contributed by atoms with Crippen LogP contribution in [-0.2, 0) is 6.42 Å². The second-order valence-electron chi connectivity index (χ2n) is 6.55. The third-order valence-corrected chi connectivity index (χ3v) is 4.61. The number of nitrogens with one attached hydrogen (secondary N) is 2. The van der Waals surface area contributed by atoms with Gasteiger partial charge in [0.25, 0.3) is 5.91 Å². The van der Waals surface area contributed by atoms with E-state index in [9.17, 15) is 4.79 Å². The first kappa shape index (κ1) is 18.1. The molecule has 2 aromatic heterocycles. The summed E-state index contributed by atoms with van der Waals surface area (Å²) in [6.07, 6.45) is 5.08. The van der Waals surface area contributed by atoms with Crippen LogP contribution >= 0.6 is 0 Å². The topological polar surface area (TPSA) is 132 Å². The molecule has 0 radical (unpaired) electrons. The van der Waals surface area contributed by atoms with Crippen LogP contribution in [-0.4, -0.2) is 33.2 Å². The third kappa shape index (κ3) is 4.26. The normalized spacial score (nSPS) is 19.8. The van der Waals surface area contributed by atoms with Gasteiger partial charge in [0.05, 0.1) is 5.69 Å². The highest BCUT2D eigenvalue weighted by molar-refractivity contribution is 5.97. The number of hydrogen-bond acceptors (Lipinski definition) is 7. The van der Waals surface area contributed by atoms with Crippen molar-refractivity contribution in [1.82, 2.24) is 15.2 Å². The zero-order chi connectivity index (χ0) is 18.5. The Morgan fingerprint density at radius 2 is 2.04 bits per heavy atom. The maximum absolute atomic E-state index is 11.7. The van der Waals surface area contributed by atoms with Crippen molar-refractivity contribution >= 4 is 23.2 Å². The number of anilines is 3. The van der Waals surface area contributed by atoms with Crippen LogP contribution in [0.4, 0.5) is 17.3 Å². The number of hydrogen-bond donors (Lipinski definition) is 4. The monoisotopic (exact) mass is 355 g/mol. The zero-order valence-electron chi connectivity index (χ0n) is 14.9. The molecule has 0 aliphatic heterocycles. The summed E-state index contributed by atoms with van der Waals surface area (Å²) in [6.45, 7) is 2.03. The van der Waals surface area contributed by atoms with Gasteiger partial charge in [0.1, 0.15) is 5.82 Å². The molecule has 0 aromatic carbocycles. The fourth-order valence-corrected chi connectivity index (χ4v) is 3.15. The van der Waals surface area contributed by atoms with Crippen LogP contribution in [0.5, 0.6) is 0 Å². The minimum atomic E-state index is -0.646. The molecule has 3 rings (SSSR count). The molecule has 0 bridgehead atoms. The Bertz CT molecular complexity index is 780. The van der Waals surface area contributed by atoms with Gasteiger partial charge in [0, 0.05) is 23.8 Å². The van der Waals surface area contributed by atoms with Gasteiger partial charge in [-0.25, -0.2) is 4.98 Å². The van der Waals surface area contributed by atoms with Crippen molar-refractivity contribution in [1.29, 1.82) is 0 Å². The number of rotatable bonds is 6. The summed E-state index contributed by atoms with van der Waals surface area (Å²) in [7, 11) is 0. The molecule has 2 heterocycles. The first-order chi connectivity index (χ1) is 12.6. The van der Waals surface area contributed by atoms with Gasteiger partial charge in [0.2, 0.25) is 0 Å². The molecule has 8 nitrogen and oxygen atoms in total. The van der Waals surface area contributed by atoms with Crippen LogP contribution in [0.2, 0.25) is 0 Å². The summed E-state index contributed by atoms with van der Waals surface area (Å²) in [5, 5.41) is 14.5. The number of primary amides is 1. The molecule has 26 heavy (non-hydrogen) atoms. The van der Waals surface area contributed by atoms with E-state index in [1.807, 2.05) is 25.1 Å². The lowest BCUT2D eigenvalue weighted by molar-refractivity contribution is 0.0995. The molecule has 0 saturated heterocycles. The summed E-state index contributed by atoms with van der Waals surface area (Å²) in [6, 6.07) is 7.64. The quantitative estimate of drug-likeness (QED) is 0.622. The Hall–Kier alpha value is -2.74. The number of carbonyl (C=O) groups is 1. The highest BCUT2D eigenvalue weighted by Gasteiger charge is 2.23. The van der Waals surface area contributed by atoms with Gasteiger partial charge in [0.15, 0.2) is 11.5 Å². The largest absolute Gasteiger partial charge is 0.364 e. The molecule has 1 aliphatic carbocycles. The SMILES string of the molecule is CCc1cccc(Nc2cc(N[C@H]3CCCC[C@H]3N)nnc2C(N)=O)n1. The van der Waals surface area contributed by atoms with E-state index in [0.717, 1.165) is 37.8 Å². The number of nitrogens with zero attached hydrogens (tertiary/aromatic N) is 3. The molecule has 138 valence electrons. The molecule has 1 amide bonds. The van der Waals surface area contributed by atoms with E-state index in [2.05, 4.69) is 25.8 Å². The van der Waals surface area contributed by atoms with Crippen LogP contribution in [0.1, 0.15) is 48.8 Å². The number of carbonyl (C=O) groups excluding carboxylic acids is 1. The van der Waals surface area contributed by atoms with Crippen LogP contribution in [0.15, 0.2) is 24.3 Å². The average Bonchev–Trinajstić information content (AvgIpc) is 2.64. The Morgan fingerprint density at radius 3 is 2.77 bits per heavy atom. The Kier molecular flexibility index (Phi) is 5.62. The van der Waals surface area contributed by atoms with Crippen LogP contribution in [0.25, 0.3) is 0 Å². The van der Waals surface area contributed by atoms with Gasteiger partial charge in [-0.05, 0) is 31.4 Å². The van der Waals surface area contributed by atoms with E-state index in [-0.39, 0.29) is 17.8 Å². The van der Waals surface area contributed by atoms with Crippen LogP contribution in [0, 0.1) is 0 Å². The van der Waals surface area contributed by atoms with Crippen molar-refractivity contribution in [3.8, 4) is 0 Å². The first-order valence-electron chi connectivity index (χ1n) is 8.99. The van der Waals surface area contributed by atoms with Crippen molar-refractivity contribution in [2.75, 3.05) is 10.6 Å². The van der Waals surface area contributed by atoms with E-state index >= 15 is 0 Å². The first-order valence-corrected chi connectivity index (χ1v) is 8.99. The molecule has 6 N–H and O–H groups in total. The lowest BCUT2D eigenvalue weighted by atomic mass is 9.91. The predicted molar refractivity (Wildman–Crippen MR) is 101 cm³/mol. The smallest absolute Gasteiger partial charge is 0.271 e. The highest BCUT2D eigenvalue weighted by Crippen LogP contribution is 2.24. The third-order valence-electron chi connectivity index (χ3n) is 4.61. The number of nitrogens with two attached hydrogens (primary N) is 2. The van der Waals surface area contributed by atoms with Crippen molar-refractivity contribution in [3.05, 3.63) is 35.7 Å². The molecule has 2 atom stereocenters. The second-order valence-corrected chi connectivity index (χ2v) is 6.55. The fraction of sp³-hybridized carbons (Fsp3) is 0.444. The molecular formula is C18H25N7O. The second kappa shape index (κ2) is 8.09. The lowest BCUT2D eigenvalue weighted by Gasteiger charge is -2.29. The summed E-state index contributed by atoms with van der Waals surface area (Å²) < 4.78 is 0. The van der Waals surface area contributed by atoms with Gasteiger partial charge in [-0.1, -0.05) is 25.8 Å². The zero-order valence-corrected chi connectivity index (χ0v) is 14.9. The van der Waals surface area contributed by atoms with E-state index in [0.29, 0.717) is 17.3 Å². The number of aromatic nitrogens is 3. The summed E-state index contributed by atoms with van der Waals surface area (Å²) in [5.41, 5.74) is 13.1. The minimum absolute atomic E-state index is 0.0761. The summed E-state index contributed by atoms with van der Waals surface area (Å²) in [4.78, 5) is 16.2. The van der Waals surface area contributed by atoms with Crippen LogP contribution in [0.3, 0.4) is 0 Å². The lowest BCUT2D eigenvalue weighted by Crippen LogP contribution is -2.42. The van der Waals surface area contributed by atoms with Gasteiger partial charge in [-0.15, -0.1) is 10.2 Å². The Labute approximate surface area is 152 Å². The Balaban J connectivity index is 1.85. The predicted octanol–water partition coefficient (Wildman–Crippen LogP) is 1.96. The fourth-order valence-electron chi connectivity index (χ4n) is 3.15. The van der Waals surface area contributed by atoms with Gasteiger partial charge in [-0.2, -0.15) is 0 Å². The summed E-state index contributed by atoms with van der Waals surface area (Å²) in [5.74, 6) is 0.541. The number of aryl methyl sites for hydroxylation is 1. The molecule has 0 spiro atoms. The Morgan fingerprint density at radius 1 is 1.23 bits per heavy atom. The molecule has 1 saturated carbocycles. The van der Waals surface area contributed by atoms with E-state index in [1.165, 1.54) is 0 Å². The molecule has 2 aromatic rings. The van der Waals surface area contributed by atoms with Crippen molar-refractivity contribution in [3.63, 3.8) is 0 Å². The minimum Gasteiger partial charge on any atom is -0.364 e. The molecule has 8 heteroatoms. The maximum atomic E-state index is 11.7.